The zero-order chi connectivity index (χ0) is 15.6. The van der Waals surface area contributed by atoms with Gasteiger partial charge in [0.1, 0.15) is 5.25 Å². The summed E-state index contributed by atoms with van der Waals surface area (Å²) in [6.07, 6.45) is 0.326. The molecule has 0 saturated heterocycles. The lowest BCUT2D eigenvalue weighted by Gasteiger charge is -2.17. The number of aryl methyl sites for hydroxylation is 1. The standard InChI is InChI=1S/C14H17N3O2S2/c1-3-13(14(15)20)21(18,19)17-12-8-9(2)16-11-7-5-4-6-10(11)12/h4-8,13H,3H2,1-2H3,(H2,15,20)(H,16,17). The first-order valence-corrected chi connectivity index (χ1v) is 8.48. The van der Waals surface area contributed by atoms with Gasteiger partial charge in [0.15, 0.2) is 0 Å². The minimum Gasteiger partial charge on any atom is -0.392 e. The summed E-state index contributed by atoms with van der Waals surface area (Å²) in [5.74, 6) is 0. The summed E-state index contributed by atoms with van der Waals surface area (Å²) in [4.78, 5) is 4.35. The Labute approximate surface area is 129 Å². The largest absolute Gasteiger partial charge is 0.392 e. The van der Waals surface area contributed by atoms with E-state index in [2.05, 4.69) is 9.71 Å². The predicted molar refractivity (Wildman–Crippen MR) is 89.9 cm³/mol. The topological polar surface area (TPSA) is 85.1 Å². The third-order valence-corrected chi connectivity index (χ3v) is 5.43. The first-order valence-electron chi connectivity index (χ1n) is 6.52. The molecule has 5 nitrogen and oxygen atoms in total. The highest BCUT2D eigenvalue weighted by atomic mass is 32.2. The van der Waals surface area contributed by atoms with Gasteiger partial charge < -0.3 is 5.73 Å². The van der Waals surface area contributed by atoms with Crippen LogP contribution in [0.2, 0.25) is 0 Å². The van der Waals surface area contributed by atoms with Gasteiger partial charge in [-0.05, 0) is 25.5 Å². The second-order valence-corrected chi connectivity index (χ2v) is 7.11. The average Bonchev–Trinajstić information content (AvgIpc) is 2.37. The Morgan fingerprint density at radius 1 is 1.43 bits per heavy atom. The molecule has 2 rings (SSSR count). The molecule has 7 heteroatoms. The lowest BCUT2D eigenvalue weighted by Crippen LogP contribution is -2.37. The highest BCUT2D eigenvalue weighted by molar-refractivity contribution is 7.95. The number of nitrogens with two attached hydrogens (primary N) is 1. The molecule has 2 aromatic rings. The van der Waals surface area contributed by atoms with Crippen LogP contribution < -0.4 is 10.5 Å². The fourth-order valence-electron chi connectivity index (χ4n) is 2.19. The summed E-state index contributed by atoms with van der Waals surface area (Å²) < 4.78 is 27.5. The number of hydrogen-bond acceptors (Lipinski definition) is 4. The van der Waals surface area contributed by atoms with E-state index in [9.17, 15) is 8.42 Å². The molecule has 0 spiro atoms. The zero-order valence-electron chi connectivity index (χ0n) is 11.8. The molecule has 0 bridgehead atoms. The zero-order valence-corrected chi connectivity index (χ0v) is 13.5. The number of aromatic nitrogens is 1. The molecule has 0 amide bonds. The van der Waals surface area contributed by atoms with E-state index >= 15 is 0 Å². The predicted octanol–water partition coefficient (Wildman–Crippen LogP) is 2.35. The highest BCUT2D eigenvalue weighted by Gasteiger charge is 2.27. The van der Waals surface area contributed by atoms with Gasteiger partial charge in [-0.3, -0.25) is 9.71 Å². The average molecular weight is 323 g/mol. The molecule has 1 aromatic carbocycles. The quantitative estimate of drug-likeness (QED) is 0.825. The van der Waals surface area contributed by atoms with Gasteiger partial charge in [0.25, 0.3) is 0 Å². The first-order chi connectivity index (χ1) is 9.85. The van der Waals surface area contributed by atoms with E-state index in [0.717, 1.165) is 16.6 Å². The van der Waals surface area contributed by atoms with Crippen LogP contribution in [0, 0.1) is 6.92 Å². The van der Waals surface area contributed by atoms with Crippen molar-refractivity contribution in [2.24, 2.45) is 5.73 Å². The SMILES string of the molecule is CCC(C(N)=S)S(=O)(=O)Nc1cc(C)nc2ccccc12. The van der Waals surface area contributed by atoms with E-state index in [1.165, 1.54) is 0 Å². The number of rotatable bonds is 5. The maximum Gasteiger partial charge on any atom is 0.242 e. The molecular formula is C14H17N3O2S2. The van der Waals surface area contributed by atoms with Gasteiger partial charge in [-0.1, -0.05) is 37.3 Å². The van der Waals surface area contributed by atoms with Gasteiger partial charge in [0.2, 0.25) is 10.0 Å². The molecule has 0 aliphatic carbocycles. The van der Waals surface area contributed by atoms with E-state index in [1.807, 2.05) is 31.2 Å². The van der Waals surface area contributed by atoms with E-state index in [-0.39, 0.29) is 4.99 Å². The highest BCUT2D eigenvalue weighted by Crippen LogP contribution is 2.25. The molecule has 0 aliphatic heterocycles. The van der Waals surface area contributed by atoms with Gasteiger partial charge in [0, 0.05) is 11.1 Å². The lowest BCUT2D eigenvalue weighted by atomic mass is 10.2. The summed E-state index contributed by atoms with van der Waals surface area (Å²) >= 11 is 4.85. The van der Waals surface area contributed by atoms with E-state index in [4.69, 9.17) is 18.0 Å². The van der Waals surface area contributed by atoms with E-state index < -0.39 is 15.3 Å². The molecule has 0 saturated carbocycles. The van der Waals surface area contributed by atoms with Crippen molar-refractivity contribution in [3.05, 3.63) is 36.0 Å². The fourth-order valence-corrected chi connectivity index (χ4v) is 4.10. The Bertz CT molecular complexity index is 788. The van der Waals surface area contributed by atoms with Crippen LogP contribution in [0.4, 0.5) is 5.69 Å². The van der Waals surface area contributed by atoms with Crippen LogP contribution in [-0.2, 0) is 10.0 Å². The smallest absolute Gasteiger partial charge is 0.242 e. The van der Waals surface area contributed by atoms with Crippen LogP contribution in [0.1, 0.15) is 19.0 Å². The van der Waals surface area contributed by atoms with Crippen molar-refractivity contribution < 1.29 is 8.42 Å². The number of nitrogens with zero attached hydrogens (tertiary/aromatic N) is 1. The van der Waals surface area contributed by atoms with Gasteiger partial charge in [-0.15, -0.1) is 0 Å². The van der Waals surface area contributed by atoms with E-state index in [1.54, 1.807) is 13.0 Å². The number of fused-ring (bicyclic) bond motifs is 1. The Balaban J connectivity index is 2.51. The summed E-state index contributed by atoms with van der Waals surface area (Å²) in [5, 5.41) is -0.149. The lowest BCUT2D eigenvalue weighted by molar-refractivity contribution is 0.594. The van der Waals surface area contributed by atoms with Crippen molar-refractivity contribution in [1.82, 2.24) is 4.98 Å². The van der Waals surface area contributed by atoms with Gasteiger partial charge in [0.05, 0.1) is 16.2 Å². The molecule has 0 fully saturated rings. The minimum absolute atomic E-state index is 0.0277. The van der Waals surface area contributed by atoms with Crippen molar-refractivity contribution in [3.8, 4) is 0 Å². The molecule has 1 atom stereocenters. The third-order valence-electron chi connectivity index (χ3n) is 3.16. The Kier molecular flexibility index (Phi) is 4.43. The van der Waals surface area contributed by atoms with Crippen molar-refractivity contribution in [3.63, 3.8) is 0 Å². The number of hydrogen-bond donors (Lipinski definition) is 2. The second-order valence-electron chi connectivity index (χ2n) is 4.77. The van der Waals surface area contributed by atoms with Crippen LogP contribution in [0.5, 0.6) is 0 Å². The number of anilines is 1. The van der Waals surface area contributed by atoms with Crippen LogP contribution in [0.3, 0.4) is 0 Å². The van der Waals surface area contributed by atoms with Gasteiger partial charge >= 0.3 is 0 Å². The Hall–Kier alpha value is -1.73. The van der Waals surface area contributed by atoms with Gasteiger partial charge in [-0.2, -0.15) is 0 Å². The number of nitrogens with one attached hydrogen (secondary N) is 1. The fraction of sp³-hybridized carbons (Fsp3) is 0.286. The number of benzene rings is 1. The van der Waals surface area contributed by atoms with Crippen LogP contribution in [-0.4, -0.2) is 23.6 Å². The number of pyridine rings is 1. The monoisotopic (exact) mass is 323 g/mol. The van der Waals surface area contributed by atoms with Gasteiger partial charge in [-0.25, -0.2) is 8.42 Å². The van der Waals surface area contributed by atoms with Crippen LogP contribution in [0.15, 0.2) is 30.3 Å². The molecule has 0 radical (unpaired) electrons. The van der Waals surface area contributed by atoms with Crippen molar-refractivity contribution >= 4 is 43.8 Å². The first kappa shape index (κ1) is 15.7. The Morgan fingerprint density at radius 2 is 2.10 bits per heavy atom. The Morgan fingerprint density at radius 3 is 2.71 bits per heavy atom. The third kappa shape index (κ3) is 3.30. The minimum atomic E-state index is -3.68. The maximum absolute atomic E-state index is 12.4. The second kappa shape index (κ2) is 5.95. The summed E-state index contributed by atoms with van der Waals surface area (Å²) in [7, 11) is -3.68. The number of sulfonamides is 1. The summed E-state index contributed by atoms with van der Waals surface area (Å²) in [5.41, 5.74) is 7.49. The summed E-state index contributed by atoms with van der Waals surface area (Å²) in [6, 6.07) is 9.05. The molecule has 1 unspecified atom stereocenters. The summed E-state index contributed by atoms with van der Waals surface area (Å²) in [6.45, 7) is 3.55. The molecule has 1 heterocycles. The number of para-hydroxylation sites is 1. The van der Waals surface area contributed by atoms with Crippen LogP contribution in [0.25, 0.3) is 10.9 Å². The molecule has 112 valence electrons. The van der Waals surface area contributed by atoms with Crippen LogP contribution >= 0.6 is 12.2 Å². The molecule has 21 heavy (non-hydrogen) atoms. The number of thiocarbonyl (C=S) groups is 1. The maximum atomic E-state index is 12.4. The van der Waals surface area contributed by atoms with Crippen molar-refractivity contribution in [2.45, 2.75) is 25.5 Å². The molecule has 0 aliphatic rings. The molecule has 3 N–H and O–H groups in total. The molecule has 1 aromatic heterocycles. The van der Waals surface area contributed by atoms with Crippen molar-refractivity contribution in [2.75, 3.05) is 4.72 Å². The van der Waals surface area contributed by atoms with Crippen molar-refractivity contribution in [1.29, 1.82) is 0 Å². The van der Waals surface area contributed by atoms with E-state index in [0.29, 0.717) is 12.1 Å². The molecular weight excluding hydrogens is 306 g/mol. The normalized spacial score (nSPS) is 13.0.